The molecule has 1 N–H and O–H groups in total. The van der Waals surface area contributed by atoms with Crippen molar-refractivity contribution < 1.29 is 5.02 Å². The molecule has 4 aromatic rings. The van der Waals surface area contributed by atoms with Crippen LogP contribution in [0.4, 0.5) is 17.1 Å². The van der Waals surface area contributed by atoms with E-state index in [1.54, 1.807) is 0 Å². The molecule has 2 nitrogen and oxygen atoms in total. The third kappa shape index (κ3) is 3.79. The summed E-state index contributed by atoms with van der Waals surface area (Å²) in [7, 11) is 0.0530. The van der Waals surface area contributed by atoms with Crippen LogP contribution in [0.2, 0.25) is 0 Å². The molecular formula is C24H20BNO. The highest BCUT2D eigenvalue weighted by atomic mass is 16.2. The molecule has 130 valence electrons. The van der Waals surface area contributed by atoms with Gasteiger partial charge in [-0.2, -0.15) is 0 Å². The number of anilines is 3. The van der Waals surface area contributed by atoms with Gasteiger partial charge in [0.25, 0.3) is 0 Å². The van der Waals surface area contributed by atoms with Crippen molar-refractivity contribution in [2.75, 3.05) is 4.90 Å². The maximum atomic E-state index is 9.33. The third-order valence-electron chi connectivity index (χ3n) is 4.62. The van der Waals surface area contributed by atoms with Gasteiger partial charge in [0.15, 0.2) is 0 Å². The first-order valence-corrected chi connectivity index (χ1v) is 9.05. The number of para-hydroxylation sites is 1. The second-order valence-corrected chi connectivity index (χ2v) is 6.41. The zero-order chi connectivity index (χ0) is 18.5. The van der Waals surface area contributed by atoms with Crippen molar-refractivity contribution in [3.63, 3.8) is 0 Å². The number of rotatable bonds is 5. The molecule has 4 aromatic carbocycles. The summed E-state index contributed by atoms with van der Waals surface area (Å²) in [5.74, 6) is 0. The van der Waals surface area contributed by atoms with Crippen molar-refractivity contribution in [1.29, 1.82) is 0 Å². The van der Waals surface area contributed by atoms with E-state index in [1.165, 1.54) is 11.1 Å². The van der Waals surface area contributed by atoms with Gasteiger partial charge in [-0.05, 0) is 47.5 Å². The molecule has 0 spiro atoms. The lowest BCUT2D eigenvalue weighted by Gasteiger charge is -2.25. The fraction of sp³-hybridized carbons (Fsp3) is 0. The standard InChI is InChI=1S/C24H20BNO/c27-25-21-13-17-24(18-14-21)26(22-9-5-2-6-10-22)23-15-11-20(12-16-23)19-7-3-1-4-8-19/h1-18,25,27H. The molecule has 0 atom stereocenters. The lowest BCUT2D eigenvalue weighted by atomic mass is 9.89. The van der Waals surface area contributed by atoms with E-state index < -0.39 is 0 Å². The van der Waals surface area contributed by atoms with Gasteiger partial charge in [-0.3, -0.25) is 0 Å². The first kappa shape index (κ1) is 17.1. The predicted molar refractivity (Wildman–Crippen MR) is 116 cm³/mol. The molecule has 0 aromatic heterocycles. The van der Waals surface area contributed by atoms with Gasteiger partial charge in [0.2, 0.25) is 0 Å². The molecule has 4 rings (SSSR count). The summed E-state index contributed by atoms with van der Waals surface area (Å²) in [6.45, 7) is 0. The molecule has 0 bridgehead atoms. The predicted octanol–water partition coefficient (Wildman–Crippen LogP) is 4.79. The van der Waals surface area contributed by atoms with Crippen molar-refractivity contribution in [3.05, 3.63) is 109 Å². The monoisotopic (exact) mass is 349 g/mol. The van der Waals surface area contributed by atoms with Crippen molar-refractivity contribution in [1.82, 2.24) is 0 Å². The van der Waals surface area contributed by atoms with Gasteiger partial charge < -0.3 is 9.92 Å². The lowest BCUT2D eigenvalue weighted by molar-refractivity contribution is 0.615. The summed E-state index contributed by atoms with van der Waals surface area (Å²) in [6, 6.07) is 37.3. The van der Waals surface area contributed by atoms with Crippen LogP contribution in [0.15, 0.2) is 109 Å². The van der Waals surface area contributed by atoms with Crippen LogP contribution in [0, 0.1) is 0 Å². The quantitative estimate of drug-likeness (QED) is 0.524. The average Bonchev–Trinajstić information content (AvgIpc) is 2.76. The summed E-state index contributed by atoms with van der Waals surface area (Å²) >= 11 is 0. The Bertz CT molecular complexity index is 984. The van der Waals surface area contributed by atoms with Gasteiger partial charge in [-0.1, -0.05) is 78.3 Å². The molecule has 0 amide bonds. The van der Waals surface area contributed by atoms with E-state index in [0.717, 1.165) is 22.5 Å². The fourth-order valence-corrected chi connectivity index (χ4v) is 3.21. The van der Waals surface area contributed by atoms with Crippen LogP contribution >= 0.6 is 0 Å². The van der Waals surface area contributed by atoms with E-state index in [9.17, 15) is 5.02 Å². The third-order valence-corrected chi connectivity index (χ3v) is 4.62. The minimum absolute atomic E-state index is 0.0530. The van der Waals surface area contributed by atoms with Crippen molar-refractivity contribution >= 4 is 30.0 Å². The van der Waals surface area contributed by atoms with Crippen LogP contribution in [0.3, 0.4) is 0 Å². The van der Waals surface area contributed by atoms with Gasteiger partial charge in [0, 0.05) is 17.1 Å². The van der Waals surface area contributed by atoms with Crippen LogP contribution in [0.5, 0.6) is 0 Å². The van der Waals surface area contributed by atoms with E-state index in [0.29, 0.717) is 0 Å². The number of hydrogen-bond acceptors (Lipinski definition) is 2. The van der Waals surface area contributed by atoms with Gasteiger partial charge in [-0.15, -0.1) is 0 Å². The topological polar surface area (TPSA) is 23.5 Å². The maximum Gasteiger partial charge on any atom is 0.304 e. The summed E-state index contributed by atoms with van der Waals surface area (Å²) in [5, 5.41) is 9.33. The second kappa shape index (κ2) is 7.94. The van der Waals surface area contributed by atoms with Crippen molar-refractivity contribution in [2.45, 2.75) is 0 Å². The van der Waals surface area contributed by atoms with Crippen LogP contribution in [0.25, 0.3) is 11.1 Å². The zero-order valence-corrected chi connectivity index (χ0v) is 15.0. The molecule has 27 heavy (non-hydrogen) atoms. The average molecular weight is 349 g/mol. The Labute approximate surface area is 160 Å². The van der Waals surface area contributed by atoms with E-state index in [-0.39, 0.29) is 7.48 Å². The molecule has 0 fully saturated rings. The van der Waals surface area contributed by atoms with Crippen LogP contribution < -0.4 is 10.4 Å². The molecule has 0 saturated carbocycles. The number of hydrogen-bond donors (Lipinski definition) is 1. The molecule has 0 aliphatic heterocycles. The van der Waals surface area contributed by atoms with Crippen molar-refractivity contribution in [2.24, 2.45) is 0 Å². The molecule has 0 aliphatic carbocycles. The first-order chi connectivity index (χ1) is 13.3. The zero-order valence-electron chi connectivity index (χ0n) is 15.0. The van der Waals surface area contributed by atoms with E-state index >= 15 is 0 Å². The molecule has 0 unspecified atom stereocenters. The Morgan fingerprint density at radius 1 is 0.481 bits per heavy atom. The molecule has 0 aliphatic rings. The summed E-state index contributed by atoms with van der Waals surface area (Å²) < 4.78 is 0. The van der Waals surface area contributed by atoms with Crippen LogP contribution in [0.1, 0.15) is 0 Å². The summed E-state index contributed by atoms with van der Waals surface area (Å²) in [4.78, 5) is 2.22. The largest absolute Gasteiger partial charge is 0.449 e. The van der Waals surface area contributed by atoms with Crippen LogP contribution in [-0.2, 0) is 0 Å². The molecule has 3 heteroatoms. The number of benzene rings is 4. The van der Waals surface area contributed by atoms with Gasteiger partial charge in [0.05, 0.1) is 0 Å². The first-order valence-electron chi connectivity index (χ1n) is 9.05. The molecule has 0 heterocycles. The Kier molecular flexibility index (Phi) is 5.04. The highest BCUT2D eigenvalue weighted by molar-refractivity contribution is 6.45. The van der Waals surface area contributed by atoms with Gasteiger partial charge in [0.1, 0.15) is 0 Å². The highest BCUT2D eigenvalue weighted by Crippen LogP contribution is 2.34. The summed E-state index contributed by atoms with van der Waals surface area (Å²) in [5.41, 5.74) is 6.57. The fourth-order valence-electron chi connectivity index (χ4n) is 3.21. The maximum absolute atomic E-state index is 9.33. The van der Waals surface area contributed by atoms with E-state index in [2.05, 4.69) is 65.6 Å². The Balaban J connectivity index is 1.74. The van der Waals surface area contributed by atoms with E-state index in [4.69, 9.17) is 0 Å². The SMILES string of the molecule is OBc1ccc(N(c2ccccc2)c2ccc(-c3ccccc3)cc2)cc1. The smallest absolute Gasteiger partial charge is 0.304 e. The lowest BCUT2D eigenvalue weighted by Crippen LogP contribution is -2.15. The Morgan fingerprint density at radius 3 is 1.48 bits per heavy atom. The molecular weight excluding hydrogens is 329 g/mol. The second-order valence-electron chi connectivity index (χ2n) is 6.41. The molecule has 0 radical (unpaired) electrons. The Morgan fingerprint density at radius 2 is 0.926 bits per heavy atom. The highest BCUT2D eigenvalue weighted by Gasteiger charge is 2.12. The van der Waals surface area contributed by atoms with Gasteiger partial charge >= 0.3 is 7.48 Å². The number of nitrogens with zero attached hydrogens (tertiary/aromatic N) is 1. The van der Waals surface area contributed by atoms with Crippen molar-refractivity contribution in [3.8, 4) is 11.1 Å². The van der Waals surface area contributed by atoms with Crippen LogP contribution in [-0.4, -0.2) is 12.5 Å². The minimum atomic E-state index is 0.0530. The van der Waals surface area contributed by atoms with Gasteiger partial charge in [-0.25, -0.2) is 0 Å². The normalized spacial score (nSPS) is 10.4. The summed E-state index contributed by atoms with van der Waals surface area (Å²) in [6.07, 6.45) is 0. The molecule has 0 saturated heterocycles. The van der Waals surface area contributed by atoms with E-state index in [1.807, 2.05) is 48.5 Å². The Hall–Kier alpha value is -3.30. The minimum Gasteiger partial charge on any atom is -0.449 e.